The number of carbonyl (C=O) groups is 1. The smallest absolute Gasteiger partial charge is 0.223 e. The molecule has 0 aliphatic rings. The molecule has 0 bridgehead atoms. The first-order chi connectivity index (χ1) is 8.79. The molecule has 1 rings (SSSR count). The van der Waals surface area contributed by atoms with Gasteiger partial charge < -0.3 is 10.0 Å². The minimum absolute atomic E-state index is 0.0571. The SMILES string of the molecule is CN(CC(C)(C)O)C(=O)CCSc1ccccc1Br. The number of amides is 1. The summed E-state index contributed by atoms with van der Waals surface area (Å²) in [5.41, 5.74) is -0.847. The van der Waals surface area contributed by atoms with Gasteiger partial charge in [-0.3, -0.25) is 4.79 Å². The zero-order chi connectivity index (χ0) is 14.5. The highest BCUT2D eigenvalue weighted by atomic mass is 79.9. The average Bonchev–Trinajstić information content (AvgIpc) is 2.29. The second-order valence-corrected chi connectivity index (χ2v) is 7.08. The summed E-state index contributed by atoms with van der Waals surface area (Å²) in [6.07, 6.45) is 0.471. The van der Waals surface area contributed by atoms with Gasteiger partial charge in [0.05, 0.1) is 5.60 Å². The lowest BCUT2D eigenvalue weighted by Crippen LogP contribution is -2.39. The minimum Gasteiger partial charge on any atom is -0.389 e. The number of aliphatic hydroxyl groups is 1. The third kappa shape index (κ3) is 6.45. The molecular formula is C14H20BrNO2S. The molecule has 0 unspecified atom stereocenters. The fraction of sp³-hybridized carbons (Fsp3) is 0.500. The van der Waals surface area contributed by atoms with Crippen LogP contribution in [0.15, 0.2) is 33.6 Å². The van der Waals surface area contributed by atoms with E-state index < -0.39 is 5.60 Å². The summed E-state index contributed by atoms with van der Waals surface area (Å²) in [7, 11) is 1.73. The molecule has 1 aromatic carbocycles. The third-order valence-corrected chi connectivity index (χ3v) is 4.49. The molecule has 0 saturated heterocycles. The summed E-state index contributed by atoms with van der Waals surface area (Å²) < 4.78 is 1.05. The topological polar surface area (TPSA) is 40.5 Å². The van der Waals surface area contributed by atoms with Crippen LogP contribution in [0.5, 0.6) is 0 Å². The van der Waals surface area contributed by atoms with Crippen molar-refractivity contribution in [2.24, 2.45) is 0 Å². The van der Waals surface area contributed by atoms with Crippen LogP contribution in [0.2, 0.25) is 0 Å². The van der Waals surface area contributed by atoms with E-state index in [-0.39, 0.29) is 5.91 Å². The maximum atomic E-state index is 11.9. The number of thioether (sulfide) groups is 1. The predicted octanol–water partition coefficient (Wildman–Crippen LogP) is 3.16. The van der Waals surface area contributed by atoms with Crippen molar-refractivity contribution < 1.29 is 9.90 Å². The van der Waals surface area contributed by atoms with Crippen LogP contribution in [-0.4, -0.2) is 40.9 Å². The number of hydrogen-bond donors (Lipinski definition) is 1. The highest BCUT2D eigenvalue weighted by molar-refractivity contribution is 9.10. The molecule has 0 aromatic heterocycles. The van der Waals surface area contributed by atoms with Crippen molar-refractivity contribution in [3.8, 4) is 0 Å². The Hall–Kier alpha value is -0.520. The quantitative estimate of drug-likeness (QED) is 0.805. The molecule has 0 aliphatic carbocycles. The molecule has 0 saturated carbocycles. The monoisotopic (exact) mass is 345 g/mol. The van der Waals surface area contributed by atoms with E-state index in [9.17, 15) is 9.90 Å². The maximum absolute atomic E-state index is 11.9. The van der Waals surface area contributed by atoms with Gasteiger partial charge in [-0.25, -0.2) is 0 Å². The summed E-state index contributed by atoms with van der Waals surface area (Å²) in [6, 6.07) is 7.97. The lowest BCUT2D eigenvalue weighted by atomic mass is 10.1. The normalized spacial score (nSPS) is 11.4. The Labute approximate surface area is 127 Å². The Kier molecular flexibility index (Phi) is 6.36. The molecular weight excluding hydrogens is 326 g/mol. The maximum Gasteiger partial charge on any atom is 0.223 e. The van der Waals surface area contributed by atoms with Crippen LogP contribution in [0.3, 0.4) is 0 Å². The van der Waals surface area contributed by atoms with Crippen molar-refractivity contribution in [3.63, 3.8) is 0 Å². The Morgan fingerprint density at radius 3 is 2.63 bits per heavy atom. The Balaban J connectivity index is 2.37. The van der Waals surface area contributed by atoms with Gasteiger partial charge in [0.1, 0.15) is 0 Å². The molecule has 1 amide bonds. The van der Waals surface area contributed by atoms with Crippen molar-refractivity contribution in [1.29, 1.82) is 0 Å². The predicted molar refractivity (Wildman–Crippen MR) is 83.4 cm³/mol. The number of hydrogen-bond acceptors (Lipinski definition) is 3. The lowest BCUT2D eigenvalue weighted by molar-refractivity contribution is -0.132. The van der Waals surface area contributed by atoms with Gasteiger partial charge in [-0.05, 0) is 41.9 Å². The van der Waals surface area contributed by atoms with Crippen molar-refractivity contribution >= 4 is 33.6 Å². The zero-order valence-corrected chi connectivity index (χ0v) is 13.9. The highest BCUT2D eigenvalue weighted by Gasteiger charge is 2.19. The third-order valence-electron chi connectivity index (χ3n) is 2.46. The van der Waals surface area contributed by atoms with Gasteiger partial charge in [-0.15, -0.1) is 11.8 Å². The van der Waals surface area contributed by atoms with Gasteiger partial charge in [-0.1, -0.05) is 12.1 Å². The molecule has 106 valence electrons. The van der Waals surface area contributed by atoms with Gasteiger partial charge in [-0.2, -0.15) is 0 Å². The number of likely N-dealkylation sites (N-methyl/N-ethyl adjacent to an activating group) is 1. The first kappa shape index (κ1) is 16.5. The Morgan fingerprint density at radius 2 is 2.05 bits per heavy atom. The second kappa shape index (κ2) is 7.31. The number of halogens is 1. The summed E-state index contributed by atoms with van der Waals surface area (Å²) in [6.45, 7) is 3.75. The summed E-state index contributed by atoms with van der Waals surface area (Å²) in [5.74, 6) is 0.791. The fourth-order valence-electron chi connectivity index (χ4n) is 1.67. The largest absolute Gasteiger partial charge is 0.389 e. The van der Waals surface area contributed by atoms with Crippen LogP contribution in [0, 0.1) is 0 Å². The molecule has 3 nitrogen and oxygen atoms in total. The van der Waals surface area contributed by atoms with Crippen molar-refractivity contribution in [2.75, 3.05) is 19.3 Å². The van der Waals surface area contributed by atoms with Crippen molar-refractivity contribution in [3.05, 3.63) is 28.7 Å². The molecule has 0 fully saturated rings. The van der Waals surface area contributed by atoms with Crippen LogP contribution in [0.4, 0.5) is 0 Å². The van der Waals surface area contributed by atoms with Crippen molar-refractivity contribution in [1.82, 2.24) is 4.90 Å². The Bertz CT molecular complexity index is 432. The number of nitrogens with zero attached hydrogens (tertiary/aromatic N) is 1. The first-order valence-corrected chi connectivity index (χ1v) is 7.91. The fourth-order valence-corrected chi connectivity index (χ4v) is 3.18. The molecule has 19 heavy (non-hydrogen) atoms. The van der Waals surface area contributed by atoms with Gasteiger partial charge in [0.15, 0.2) is 0 Å². The molecule has 1 N–H and O–H groups in total. The van der Waals surface area contributed by atoms with Crippen LogP contribution in [0.25, 0.3) is 0 Å². The lowest BCUT2D eigenvalue weighted by Gasteiger charge is -2.25. The van der Waals surface area contributed by atoms with E-state index in [1.54, 1.807) is 37.6 Å². The van der Waals surface area contributed by atoms with Gasteiger partial charge in [0.25, 0.3) is 0 Å². The molecule has 1 aromatic rings. The molecule has 0 radical (unpaired) electrons. The van der Waals surface area contributed by atoms with Gasteiger partial charge in [0.2, 0.25) is 5.91 Å². The van der Waals surface area contributed by atoms with E-state index in [0.717, 1.165) is 15.1 Å². The number of benzene rings is 1. The standard InChI is InChI=1S/C14H20BrNO2S/c1-14(2,18)10-16(3)13(17)8-9-19-12-7-5-4-6-11(12)15/h4-7,18H,8-10H2,1-3H3. The van der Waals surface area contributed by atoms with E-state index in [0.29, 0.717) is 13.0 Å². The van der Waals surface area contributed by atoms with Crippen LogP contribution in [0.1, 0.15) is 20.3 Å². The first-order valence-electron chi connectivity index (χ1n) is 6.13. The van der Waals surface area contributed by atoms with Crippen molar-refractivity contribution in [2.45, 2.75) is 30.8 Å². The summed E-state index contributed by atoms with van der Waals surface area (Å²) in [4.78, 5) is 14.6. The zero-order valence-electron chi connectivity index (χ0n) is 11.5. The molecule has 0 atom stereocenters. The van der Waals surface area contributed by atoms with Crippen LogP contribution >= 0.6 is 27.7 Å². The average molecular weight is 346 g/mol. The second-order valence-electron chi connectivity index (χ2n) is 5.09. The molecule has 0 heterocycles. The minimum atomic E-state index is -0.847. The van der Waals surface area contributed by atoms with E-state index in [1.165, 1.54) is 0 Å². The summed E-state index contributed by atoms with van der Waals surface area (Å²) in [5, 5.41) is 9.67. The number of rotatable bonds is 6. The van der Waals surface area contributed by atoms with Crippen LogP contribution in [-0.2, 0) is 4.79 Å². The van der Waals surface area contributed by atoms with Gasteiger partial charge in [0, 0.05) is 35.1 Å². The van der Waals surface area contributed by atoms with E-state index >= 15 is 0 Å². The van der Waals surface area contributed by atoms with E-state index in [1.807, 2.05) is 24.3 Å². The summed E-state index contributed by atoms with van der Waals surface area (Å²) >= 11 is 5.14. The van der Waals surface area contributed by atoms with Crippen LogP contribution < -0.4 is 0 Å². The van der Waals surface area contributed by atoms with Gasteiger partial charge >= 0.3 is 0 Å². The molecule has 0 aliphatic heterocycles. The highest BCUT2D eigenvalue weighted by Crippen LogP contribution is 2.27. The van der Waals surface area contributed by atoms with E-state index in [2.05, 4.69) is 15.9 Å². The number of carbonyl (C=O) groups excluding carboxylic acids is 1. The Morgan fingerprint density at radius 1 is 1.42 bits per heavy atom. The molecule has 5 heteroatoms. The van der Waals surface area contributed by atoms with E-state index in [4.69, 9.17) is 0 Å². The molecule has 0 spiro atoms.